The monoisotopic (exact) mass is 157 g/mol. The van der Waals surface area contributed by atoms with Crippen LogP contribution in [0.15, 0.2) is 0 Å². The maximum Gasteiger partial charge on any atom is 0.0872 e. The summed E-state index contributed by atoms with van der Waals surface area (Å²) < 4.78 is 0. The van der Waals surface area contributed by atoms with Gasteiger partial charge in [-0.1, -0.05) is 0 Å². The molecular formula is C6H14KO2. The van der Waals surface area contributed by atoms with Crippen LogP contribution in [-0.4, -0.2) is 72.8 Å². The molecule has 0 spiro atoms. The molecule has 1 radical (unpaired) electrons. The van der Waals surface area contributed by atoms with E-state index in [1.54, 1.807) is 27.7 Å². The fraction of sp³-hybridized carbons (Fsp3) is 1.00. The zero-order chi connectivity index (χ0) is 7.00. The molecule has 0 rings (SSSR count). The standard InChI is InChI=1S/C6H14O2.K/c1-5(2,7)6(3,4)8;/h7-8H,1-4H3;. The molecule has 0 aromatic rings. The molecule has 2 nitrogen and oxygen atoms in total. The Morgan fingerprint density at radius 3 is 0.889 bits per heavy atom. The molecule has 0 aliphatic carbocycles. The van der Waals surface area contributed by atoms with E-state index in [-0.39, 0.29) is 51.4 Å². The van der Waals surface area contributed by atoms with Crippen molar-refractivity contribution >= 4 is 51.4 Å². The van der Waals surface area contributed by atoms with Gasteiger partial charge in [-0.05, 0) is 27.7 Å². The topological polar surface area (TPSA) is 40.5 Å². The Balaban J connectivity index is 0. The van der Waals surface area contributed by atoms with Gasteiger partial charge in [0.25, 0.3) is 0 Å². The summed E-state index contributed by atoms with van der Waals surface area (Å²) in [6, 6.07) is 0. The van der Waals surface area contributed by atoms with Gasteiger partial charge in [-0.2, -0.15) is 0 Å². The van der Waals surface area contributed by atoms with Crippen LogP contribution in [0.2, 0.25) is 0 Å². The quantitative estimate of drug-likeness (QED) is 0.532. The van der Waals surface area contributed by atoms with Gasteiger partial charge in [0.05, 0.1) is 11.2 Å². The molecule has 51 valence electrons. The van der Waals surface area contributed by atoms with E-state index in [1.165, 1.54) is 0 Å². The SMILES string of the molecule is CC(C)(O)C(C)(C)O.[K]. The van der Waals surface area contributed by atoms with Crippen molar-refractivity contribution in [1.29, 1.82) is 0 Å². The normalized spacial score (nSPS) is 12.7. The molecule has 0 amide bonds. The second-order valence-electron chi connectivity index (χ2n) is 3.12. The minimum absolute atomic E-state index is 0. The molecule has 0 unspecified atom stereocenters. The third-order valence-electron chi connectivity index (χ3n) is 1.50. The fourth-order valence-electron chi connectivity index (χ4n) is 0. The maximum atomic E-state index is 9.10. The first-order valence-electron chi connectivity index (χ1n) is 2.70. The van der Waals surface area contributed by atoms with Crippen LogP contribution in [-0.2, 0) is 0 Å². The predicted octanol–water partition coefficient (Wildman–Crippen LogP) is 0.147. The van der Waals surface area contributed by atoms with Crippen molar-refractivity contribution in [2.45, 2.75) is 38.9 Å². The molecule has 0 aromatic carbocycles. The predicted molar refractivity (Wildman–Crippen MR) is 38.3 cm³/mol. The van der Waals surface area contributed by atoms with Crippen molar-refractivity contribution in [3.63, 3.8) is 0 Å². The molecule has 9 heavy (non-hydrogen) atoms. The van der Waals surface area contributed by atoms with E-state index < -0.39 is 11.2 Å². The molecule has 0 saturated heterocycles. The summed E-state index contributed by atoms with van der Waals surface area (Å²) in [5.74, 6) is 0. The van der Waals surface area contributed by atoms with Crippen LogP contribution < -0.4 is 0 Å². The van der Waals surface area contributed by atoms with Crippen molar-refractivity contribution in [1.82, 2.24) is 0 Å². The molecule has 0 aromatic heterocycles. The first-order valence-corrected chi connectivity index (χ1v) is 2.70. The molecule has 0 fully saturated rings. The first-order chi connectivity index (χ1) is 3.25. The zero-order valence-corrected chi connectivity index (χ0v) is 10.0. The van der Waals surface area contributed by atoms with Crippen LogP contribution in [0.1, 0.15) is 27.7 Å². The number of rotatable bonds is 1. The van der Waals surface area contributed by atoms with Gasteiger partial charge in [0.2, 0.25) is 0 Å². The van der Waals surface area contributed by atoms with Gasteiger partial charge in [0.15, 0.2) is 0 Å². The van der Waals surface area contributed by atoms with E-state index in [4.69, 9.17) is 10.2 Å². The summed E-state index contributed by atoms with van der Waals surface area (Å²) in [4.78, 5) is 0. The van der Waals surface area contributed by atoms with Crippen LogP contribution in [0, 0.1) is 0 Å². The van der Waals surface area contributed by atoms with E-state index in [0.717, 1.165) is 0 Å². The van der Waals surface area contributed by atoms with Crippen molar-refractivity contribution in [3.8, 4) is 0 Å². The summed E-state index contributed by atoms with van der Waals surface area (Å²) in [5.41, 5.74) is -2.01. The molecule has 3 heteroatoms. The summed E-state index contributed by atoms with van der Waals surface area (Å²) in [5, 5.41) is 18.2. The number of hydrogen-bond acceptors (Lipinski definition) is 2. The fourth-order valence-corrected chi connectivity index (χ4v) is 0. The first kappa shape index (κ1) is 13.2. The second-order valence-corrected chi connectivity index (χ2v) is 3.12. The van der Waals surface area contributed by atoms with E-state index in [1.807, 2.05) is 0 Å². The largest absolute Gasteiger partial charge is 0.387 e. The minimum atomic E-state index is -1.01. The van der Waals surface area contributed by atoms with Gasteiger partial charge in [0.1, 0.15) is 0 Å². The minimum Gasteiger partial charge on any atom is -0.387 e. The molecular weight excluding hydrogens is 143 g/mol. The van der Waals surface area contributed by atoms with Crippen molar-refractivity contribution in [3.05, 3.63) is 0 Å². The van der Waals surface area contributed by atoms with Crippen LogP contribution in [0.3, 0.4) is 0 Å². The van der Waals surface area contributed by atoms with Crippen molar-refractivity contribution in [2.75, 3.05) is 0 Å². The Hall–Kier alpha value is 1.56. The van der Waals surface area contributed by atoms with Crippen LogP contribution >= 0.6 is 0 Å². The Bertz CT molecular complexity index is 66.0. The molecule has 0 atom stereocenters. The third kappa shape index (κ3) is 4.90. The summed E-state index contributed by atoms with van der Waals surface area (Å²) in [7, 11) is 0. The van der Waals surface area contributed by atoms with Gasteiger partial charge >= 0.3 is 0 Å². The molecule has 0 saturated carbocycles. The third-order valence-corrected chi connectivity index (χ3v) is 1.50. The maximum absolute atomic E-state index is 9.10. The second kappa shape index (κ2) is 3.81. The van der Waals surface area contributed by atoms with E-state index >= 15 is 0 Å². The van der Waals surface area contributed by atoms with Gasteiger partial charge in [-0.25, -0.2) is 0 Å². The Kier molecular flexibility index (Phi) is 5.57. The summed E-state index contributed by atoms with van der Waals surface area (Å²) in [6.45, 7) is 6.31. The molecule has 0 aliphatic rings. The molecule has 2 N–H and O–H groups in total. The van der Waals surface area contributed by atoms with Gasteiger partial charge < -0.3 is 10.2 Å². The van der Waals surface area contributed by atoms with Crippen molar-refractivity contribution < 1.29 is 10.2 Å². The Labute approximate surface area is 99.1 Å². The van der Waals surface area contributed by atoms with Gasteiger partial charge in [-0.3, -0.25) is 0 Å². The number of aliphatic hydroxyl groups is 2. The van der Waals surface area contributed by atoms with Gasteiger partial charge in [-0.15, -0.1) is 0 Å². The zero-order valence-electron chi connectivity index (χ0n) is 6.89. The molecule has 0 bridgehead atoms. The Morgan fingerprint density at radius 1 is 0.778 bits per heavy atom. The average molecular weight is 157 g/mol. The Morgan fingerprint density at radius 2 is 0.889 bits per heavy atom. The average Bonchev–Trinajstić information content (AvgIpc) is 1.25. The van der Waals surface area contributed by atoms with E-state index in [0.29, 0.717) is 0 Å². The smallest absolute Gasteiger partial charge is 0.0872 e. The molecule has 0 aliphatic heterocycles. The van der Waals surface area contributed by atoms with Crippen molar-refractivity contribution in [2.24, 2.45) is 0 Å². The summed E-state index contributed by atoms with van der Waals surface area (Å²) >= 11 is 0. The van der Waals surface area contributed by atoms with E-state index in [2.05, 4.69) is 0 Å². The van der Waals surface area contributed by atoms with E-state index in [9.17, 15) is 0 Å². The van der Waals surface area contributed by atoms with Crippen LogP contribution in [0.25, 0.3) is 0 Å². The number of hydrogen-bond donors (Lipinski definition) is 2. The van der Waals surface area contributed by atoms with Crippen LogP contribution in [0.4, 0.5) is 0 Å². The summed E-state index contributed by atoms with van der Waals surface area (Å²) in [6.07, 6.45) is 0. The van der Waals surface area contributed by atoms with Gasteiger partial charge in [0, 0.05) is 51.4 Å². The van der Waals surface area contributed by atoms with Crippen LogP contribution in [0.5, 0.6) is 0 Å². The molecule has 0 heterocycles.